The van der Waals surface area contributed by atoms with Gasteiger partial charge in [-0.2, -0.15) is 0 Å². The van der Waals surface area contributed by atoms with Crippen molar-refractivity contribution < 1.29 is 9.53 Å². The molecule has 1 aromatic carbocycles. The summed E-state index contributed by atoms with van der Waals surface area (Å²) < 4.78 is 5.61. The number of rotatable bonds is 7. The van der Waals surface area contributed by atoms with Crippen LogP contribution in [0.15, 0.2) is 24.3 Å². The molecule has 24 heavy (non-hydrogen) atoms. The predicted octanol–water partition coefficient (Wildman–Crippen LogP) is 3.57. The van der Waals surface area contributed by atoms with Crippen molar-refractivity contribution >= 4 is 5.91 Å². The first kappa shape index (κ1) is 18.8. The van der Waals surface area contributed by atoms with E-state index in [2.05, 4.69) is 50.3 Å². The lowest BCUT2D eigenvalue weighted by atomic mass is 9.80. The van der Waals surface area contributed by atoms with Gasteiger partial charge in [0.15, 0.2) is 6.61 Å². The van der Waals surface area contributed by atoms with Crippen LogP contribution >= 0.6 is 0 Å². The van der Waals surface area contributed by atoms with E-state index in [9.17, 15) is 4.79 Å². The fourth-order valence-corrected chi connectivity index (χ4v) is 3.40. The molecule has 1 N–H and O–H groups in total. The van der Waals surface area contributed by atoms with Crippen LogP contribution in [0.5, 0.6) is 5.75 Å². The van der Waals surface area contributed by atoms with Gasteiger partial charge in [-0.1, -0.05) is 45.2 Å². The minimum absolute atomic E-state index is 0.0465. The lowest BCUT2D eigenvalue weighted by molar-refractivity contribution is -0.123. The van der Waals surface area contributed by atoms with Gasteiger partial charge >= 0.3 is 0 Å². The van der Waals surface area contributed by atoms with Gasteiger partial charge in [0.2, 0.25) is 0 Å². The number of carbonyl (C=O) groups excluding carboxylic acids is 1. The Morgan fingerprint density at radius 3 is 2.33 bits per heavy atom. The minimum atomic E-state index is -0.0465. The summed E-state index contributed by atoms with van der Waals surface area (Å²) in [6, 6.07) is 7.98. The van der Waals surface area contributed by atoms with Gasteiger partial charge in [0.1, 0.15) is 5.75 Å². The first-order valence-electron chi connectivity index (χ1n) is 9.10. The maximum absolute atomic E-state index is 12.1. The molecule has 0 saturated heterocycles. The van der Waals surface area contributed by atoms with Gasteiger partial charge < -0.3 is 15.0 Å². The maximum atomic E-state index is 12.1. The Hall–Kier alpha value is -1.55. The molecule has 0 spiro atoms. The molecule has 1 fully saturated rings. The minimum Gasteiger partial charge on any atom is -0.484 e. The topological polar surface area (TPSA) is 41.6 Å². The zero-order valence-corrected chi connectivity index (χ0v) is 15.6. The lowest BCUT2D eigenvalue weighted by Crippen LogP contribution is -2.54. The van der Waals surface area contributed by atoms with Gasteiger partial charge in [-0.15, -0.1) is 0 Å². The molecule has 0 bridgehead atoms. The van der Waals surface area contributed by atoms with Gasteiger partial charge in [0.05, 0.1) is 0 Å². The molecular weight excluding hydrogens is 300 g/mol. The van der Waals surface area contributed by atoms with Crippen LogP contribution in [0, 0.1) is 0 Å². The Bertz CT molecular complexity index is 517. The van der Waals surface area contributed by atoms with E-state index in [0.717, 1.165) is 18.6 Å². The largest absolute Gasteiger partial charge is 0.484 e. The summed E-state index contributed by atoms with van der Waals surface area (Å²) in [6.45, 7) is 5.10. The molecule has 1 aliphatic carbocycles. The third-order valence-corrected chi connectivity index (χ3v) is 5.26. The second-order valence-corrected chi connectivity index (χ2v) is 7.47. The third-order valence-electron chi connectivity index (χ3n) is 5.26. The highest BCUT2D eigenvalue weighted by atomic mass is 16.5. The molecule has 2 rings (SSSR count). The average Bonchev–Trinajstić information content (AvgIpc) is 2.59. The highest BCUT2D eigenvalue weighted by Crippen LogP contribution is 2.31. The monoisotopic (exact) mass is 332 g/mol. The van der Waals surface area contributed by atoms with E-state index in [1.54, 1.807) is 0 Å². The molecule has 1 saturated carbocycles. The van der Waals surface area contributed by atoms with E-state index in [1.807, 2.05) is 12.1 Å². The van der Waals surface area contributed by atoms with Crippen molar-refractivity contribution in [1.82, 2.24) is 10.2 Å². The zero-order valence-electron chi connectivity index (χ0n) is 15.6. The summed E-state index contributed by atoms with van der Waals surface area (Å²) in [5.41, 5.74) is 1.38. The molecule has 0 atom stereocenters. The van der Waals surface area contributed by atoms with Crippen LogP contribution in [0.4, 0.5) is 0 Å². The number of nitrogens with one attached hydrogen (secondary N) is 1. The highest BCUT2D eigenvalue weighted by molar-refractivity contribution is 5.77. The van der Waals surface area contributed by atoms with E-state index in [0.29, 0.717) is 12.5 Å². The van der Waals surface area contributed by atoms with Crippen LogP contribution in [-0.4, -0.2) is 43.6 Å². The second kappa shape index (κ2) is 8.52. The maximum Gasteiger partial charge on any atom is 0.258 e. The van der Waals surface area contributed by atoms with E-state index >= 15 is 0 Å². The number of ether oxygens (including phenoxy) is 1. The smallest absolute Gasteiger partial charge is 0.258 e. The number of likely N-dealkylation sites (N-methyl/N-ethyl adjacent to an activating group) is 1. The Morgan fingerprint density at radius 2 is 1.79 bits per heavy atom. The molecule has 1 aliphatic rings. The molecule has 0 aromatic heterocycles. The first-order chi connectivity index (χ1) is 11.4. The first-order valence-corrected chi connectivity index (χ1v) is 9.10. The second-order valence-electron chi connectivity index (χ2n) is 7.47. The zero-order chi connectivity index (χ0) is 17.6. The van der Waals surface area contributed by atoms with Crippen LogP contribution in [0.3, 0.4) is 0 Å². The van der Waals surface area contributed by atoms with Crippen LogP contribution in [0.2, 0.25) is 0 Å². The van der Waals surface area contributed by atoms with E-state index in [4.69, 9.17) is 4.74 Å². The van der Waals surface area contributed by atoms with Crippen molar-refractivity contribution in [2.75, 3.05) is 27.2 Å². The number of hydrogen-bond acceptors (Lipinski definition) is 3. The number of hydrogen-bond donors (Lipinski definition) is 1. The van der Waals surface area contributed by atoms with Crippen molar-refractivity contribution in [3.63, 3.8) is 0 Å². The van der Waals surface area contributed by atoms with E-state index < -0.39 is 0 Å². The van der Waals surface area contributed by atoms with Crippen LogP contribution < -0.4 is 10.1 Å². The van der Waals surface area contributed by atoms with E-state index in [-0.39, 0.29) is 18.1 Å². The summed E-state index contributed by atoms with van der Waals surface area (Å²) in [5.74, 6) is 1.20. The Labute approximate surface area is 146 Å². The van der Waals surface area contributed by atoms with Crippen molar-refractivity contribution in [2.45, 2.75) is 57.4 Å². The average molecular weight is 332 g/mol. The summed E-state index contributed by atoms with van der Waals surface area (Å²) in [5, 5.41) is 3.07. The van der Waals surface area contributed by atoms with Crippen molar-refractivity contribution in [1.29, 1.82) is 0 Å². The number of nitrogens with zero attached hydrogens (tertiary/aromatic N) is 1. The lowest BCUT2D eigenvalue weighted by Gasteiger charge is -2.43. The highest BCUT2D eigenvalue weighted by Gasteiger charge is 2.34. The standard InChI is InChI=1S/C20H32N2O2/c1-16(2)17-8-10-18(11-9-17)24-14-19(23)21-15-20(22(3)4)12-6-5-7-13-20/h8-11,16H,5-7,12-15H2,1-4H3,(H,21,23). The van der Waals surface area contributed by atoms with Crippen molar-refractivity contribution in [2.24, 2.45) is 0 Å². The number of amides is 1. The molecule has 4 nitrogen and oxygen atoms in total. The SMILES string of the molecule is CC(C)c1ccc(OCC(=O)NCC2(N(C)C)CCCCC2)cc1. The summed E-state index contributed by atoms with van der Waals surface area (Å²) in [7, 11) is 4.23. The normalized spacial score (nSPS) is 17.1. The Kier molecular flexibility index (Phi) is 6.67. The molecular formula is C20H32N2O2. The van der Waals surface area contributed by atoms with Crippen LogP contribution in [0.1, 0.15) is 57.4 Å². The molecule has 0 unspecified atom stereocenters. The molecule has 4 heteroatoms. The summed E-state index contributed by atoms with van der Waals surface area (Å²) in [4.78, 5) is 14.4. The van der Waals surface area contributed by atoms with Gasteiger partial charge in [-0.05, 0) is 50.6 Å². The number of carbonyl (C=O) groups is 1. The quantitative estimate of drug-likeness (QED) is 0.830. The molecule has 1 amide bonds. The van der Waals surface area contributed by atoms with Crippen LogP contribution in [0.25, 0.3) is 0 Å². The van der Waals surface area contributed by atoms with Gasteiger partial charge in [-0.25, -0.2) is 0 Å². The predicted molar refractivity (Wildman–Crippen MR) is 98.5 cm³/mol. The molecule has 0 radical (unpaired) electrons. The fourth-order valence-electron chi connectivity index (χ4n) is 3.40. The number of benzene rings is 1. The van der Waals surface area contributed by atoms with Gasteiger partial charge in [0.25, 0.3) is 5.91 Å². The Balaban J connectivity index is 1.80. The fraction of sp³-hybridized carbons (Fsp3) is 0.650. The molecule has 0 aliphatic heterocycles. The summed E-state index contributed by atoms with van der Waals surface area (Å²) in [6.07, 6.45) is 6.09. The van der Waals surface area contributed by atoms with Gasteiger partial charge in [-0.3, -0.25) is 4.79 Å². The summed E-state index contributed by atoms with van der Waals surface area (Å²) >= 11 is 0. The van der Waals surface area contributed by atoms with Crippen molar-refractivity contribution in [3.8, 4) is 5.75 Å². The van der Waals surface area contributed by atoms with Crippen LogP contribution in [-0.2, 0) is 4.79 Å². The molecule has 1 aromatic rings. The van der Waals surface area contributed by atoms with E-state index in [1.165, 1.54) is 24.8 Å². The molecule has 0 heterocycles. The van der Waals surface area contributed by atoms with Gasteiger partial charge in [0, 0.05) is 12.1 Å². The molecule has 134 valence electrons. The van der Waals surface area contributed by atoms with Crippen molar-refractivity contribution in [3.05, 3.63) is 29.8 Å². The Morgan fingerprint density at radius 1 is 1.17 bits per heavy atom. The third kappa shape index (κ3) is 4.97.